The summed E-state index contributed by atoms with van der Waals surface area (Å²) in [6.07, 6.45) is 1.48. The van der Waals surface area contributed by atoms with E-state index >= 15 is 0 Å². The van der Waals surface area contributed by atoms with E-state index in [-0.39, 0.29) is 24.3 Å². The van der Waals surface area contributed by atoms with Gasteiger partial charge in [-0.25, -0.2) is 4.98 Å². The van der Waals surface area contributed by atoms with E-state index in [0.29, 0.717) is 5.75 Å². The monoisotopic (exact) mass is 300 g/mol. The molecule has 0 unspecified atom stereocenters. The van der Waals surface area contributed by atoms with Crippen LogP contribution in [0.2, 0.25) is 0 Å². The lowest BCUT2D eigenvalue weighted by Gasteiger charge is -2.18. The molecule has 0 bridgehead atoms. The molecule has 0 aliphatic carbocycles. The number of carbonyl (C=O) groups excluding carboxylic acids is 1. The fourth-order valence-corrected chi connectivity index (χ4v) is 2.06. The summed E-state index contributed by atoms with van der Waals surface area (Å²) in [7, 11) is 0. The second-order valence-corrected chi connectivity index (χ2v) is 5.14. The number of benzene rings is 1. The Morgan fingerprint density at radius 3 is 2.59 bits per heavy atom. The molecule has 0 fully saturated rings. The van der Waals surface area contributed by atoms with Crippen molar-refractivity contribution in [1.82, 2.24) is 10.3 Å². The first-order valence-electron chi connectivity index (χ1n) is 7.20. The number of nitrogens with one attached hydrogen (secondary N) is 1. The van der Waals surface area contributed by atoms with Crippen molar-refractivity contribution in [3.63, 3.8) is 0 Å². The van der Waals surface area contributed by atoms with Crippen molar-refractivity contribution in [3.05, 3.63) is 59.9 Å². The average molecular weight is 300 g/mol. The molecule has 0 spiro atoms. The van der Waals surface area contributed by atoms with Gasteiger partial charge in [0.2, 0.25) is 0 Å². The maximum atomic E-state index is 12.4. The number of hydrogen-bond donors (Lipinski definition) is 2. The predicted molar refractivity (Wildman–Crippen MR) is 83.7 cm³/mol. The summed E-state index contributed by atoms with van der Waals surface area (Å²) >= 11 is 0. The van der Waals surface area contributed by atoms with Crippen LogP contribution in [0.5, 0.6) is 5.75 Å². The first kappa shape index (κ1) is 16.0. The first-order valence-corrected chi connectivity index (χ1v) is 7.20. The normalized spacial score (nSPS) is 12.0. The zero-order valence-electron chi connectivity index (χ0n) is 12.7. The molecule has 1 heterocycles. The third kappa shape index (κ3) is 4.05. The van der Waals surface area contributed by atoms with Gasteiger partial charge in [-0.15, -0.1) is 0 Å². The number of carbonyl (C=O) groups is 1. The highest BCUT2D eigenvalue weighted by atomic mass is 16.5. The number of nitrogens with zero attached hydrogens (tertiary/aromatic N) is 1. The van der Waals surface area contributed by atoms with E-state index in [1.807, 2.05) is 44.2 Å². The fourth-order valence-electron chi connectivity index (χ4n) is 2.06. The Hall–Kier alpha value is -2.40. The van der Waals surface area contributed by atoms with Crippen LogP contribution in [0.25, 0.3) is 0 Å². The minimum absolute atomic E-state index is 0.0569. The van der Waals surface area contributed by atoms with Gasteiger partial charge in [0.1, 0.15) is 0 Å². The van der Waals surface area contributed by atoms with Gasteiger partial charge in [-0.2, -0.15) is 0 Å². The summed E-state index contributed by atoms with van der Waals surface area (Å²) in [6.45, 7) is 3.58. The molecule has 1 amide bonds. The highest BCUT2D eigenvalue weighted by Gasteiger charge is 2.19. The number of aliphatic hydroxyl groups is 1. The number of aromatic nitrogens is 1. The Labute approximate surface area is 130 Å². The van der Waals surface area contributed by atoms with Gasteiger partial charge in [0, 0.05) is 6.20 Å². The summed E-state index contributed by atoms with van der Waals surface area (Å²) in [4.78, 5) is 16.5. The first-order chi connectivity index (χ1) is 10.6. The van der Waals surface area contributed by atoms with E-state index in [2.05, 4.69) is 10.3 Å². The van der Waals surface area contributed by atoms with Crippen LogP contribution >= 0.6 is 0 Å². The number of amides is 1. The number of aliphatic hydroxyl groups excluding tert-OH is 1. The van der Waals surface area contributed by atoms with E-state index in [9.17, 15) is 9.90 Å². The van der Waals surface area contributed by atoms with Crippen molar-refractivity contribution in [2.75, 3.05) is 6.61 Å². The minimum atomic E-state index is -0.484. The van der Waals surface area contributed by atoms with Crippen molar-refractivity contribution in [1.29, 1.82) is 0 Å². The van der Waals surface area contributed by atoms with Crippen molar-refractivity contribution in [2.45, 2.75) is 26.0 Å². The van der Waals surface area contributed by atoms with E-state index in [0.717, 1.165) is 5.56 Å². The number of ether oxygens (including phenoxy) is 1. The number of hydrogen-bond acceptors (Lipinski definition) is 4. The molecule has 0 aliphatic rings. The van der Waals surface area contributed by atoms with Gasteiger partial charge < -0.3 is 15.2 Å². The zero-order valence-corrected chi connectivity index (χ0v) is 12.7. The molecule has 5 nitrogen and oxygen atoms in total. The van der Waals surface area contributed by atoms with Crippen molar-refractivity contribution >= 4 is 5.91 Å². The van der Waals surface area contributed by atoms with Crippen LogP contribution in [-0.2, 0) is 0 Å². The van der Waals surface area contributed by atoms with E-state index in [1.54, 1.807) is 18.3 Å². The smallest absolute Gasteiger partial charge is 0.274 e. The molecule has 0 saturated carbocycles. The van der Waals surface area contributed by atoms with Gasteiger partial charge in [-0.1, -0.05) is 30.3 Å². The summed E-state index contributed by atoms with van der Waals surface area (Å²) < 4.78 is 5.60. The Morgan fingerprint density at radius 2 is 1.95 bits per heavy atom. The molecular formula is C17H20N2O3. The highest BCUT2D eigenvalue weighted by Crippen LogP contribution is 2.19. The van der Waals surface area contributed by atoms with Crippen molar-refractivity contribution in [2.24, 2.45) is 0 Å². The molecule has 1 aromatic heterocycles. The van der Waals surface area contributed by atoms with Gasteiger partial charge in [0.25, 0.3) is 5.91 Å². The number of rotatable bonds is 6. The molecule has 1 aromatic carbocycles. The van der Waals surface area contributed by atoms with Crippen LogP contribution < -0.4 is 10.1 Å². The molecule has 2 rings (SSSR count). The van der Waals surface area contributed by atoms with Crippen LogP contribution in [0.15, 0.2) is 48.7 Å². The molecular weight excluding hydrogens is 280 g/mol. The lowest BCUT2D eigenvalue weighted by Crippen LogP contribution is -2.31. The molecule has 0 radical (unpaired) electrons. The second-order valence-electron chi connectivity index (χ2n) is 5.14. The summed E-state index contributed by atoms with van der Waals surface area (Å²) in [6, 6.07) is 12.2. The summed E-state index contributed by atoms with van der Waals surface area (Å²) in [5.41, 5.74) is 1.05. The van der Waals surface area contributed by atoms with Crippen LogP contribution in [0, 0.1) is 0 Å². The molecule has 0 saturated heterocycles. The Bertz CT molecular complexity index is 614. The van der Waals surface area contributed by atoms with Gasteiger partial charge in [0.15, 0.2) is 11.4 Å². The third-order valence-corrected chi connectivity index (χ3v) is 3.04. The molecule has 116 valence electrons. The minimum Gasteiger partial charge on any atom is -0.489 e. The summed E-state index contributed by atoms with van der Waals surface area (Å²) in [5.74, 6) is 0.0545. The standard InChI is InChI=1S/C17H20N2O3/c1-12(2)22-15-9-6-10-18-16(15)17(21)19-14(11-20)13-7-4-3-5-8-13/h3-10,12,14,20H,11H2,1-2H3,(H,19,21)/t14-/m1/s1. The molecule has 5 heteroatoms. The fraction of sp³-hybridized carbons (Fsp3) is 0.294. The maximum absolute atomic E-state index is 12.4. The van der Waals surface area contributed by atoms with Crippen molar-refractivity contribution in [3.8, 4) is 5.75 Å². The summed E-state index contributed by atoms with van der Waals surface area (Å²) in [5, 5.41) is 12.3. The topological polar surface area (TPSA) is 71.5 Å². The van der Waals surface area contributed by atoms with Crippen LogP contribution in [0.1, 0.15) is 35.9 Å². The predicted octanol–water partition coefficient (Wildman–Crippen LogP) is 2.33. The van der Waals surface area contributed by atoms with Crippen molar-refractivity contribution < 1.29 is 14.6 Å². The van der Waals surface area contributed by atoms with E-state index in [4.69, 9.17) is 4.74 Å². The van der Waals surface area contributed by atoms with E-state index in [1.165, 1.54) is 0 Å². The lowest BCUT2D eigenvalue weighted by molar-refractivity contribution is 0.0904. The van der Waals surface area contributed by atoms with E-state index < -0.39 is 6.04 Å². The second kappa shape index (κ2) is 7.56. The Balaban J connectivity index is 2.18. The van der Waals surface area contributed by atoms with Gasteiger partial charge in [-0.05, 0) is 31.5 Å². The molecule has 1 atom stereocenters. The van der Waals surface area contributed by atoms with Crippen LogP contribution in [0.3, 0.4) is 0 Å². The quantitative estimate of drug-likeness (QED) is 0.859. The molecule has 0 aliphatic heterocycles. The Kier molecular flexibility index (Phi) is 5.49. The van der Waals surface area contributed by atoms with Gasteiger partial charge >= 0.3 is 0 Å². The molecule has 22 heavy (non-hydrogen) atoms. The maximum Gasteiger partial charge on any atom is 0.274 e. The Morgan fingerprint density at radius 1 is 1.23 bits per heavy atom. The highest BCUT2D eigenvalue weighted by molar-refractivity contribution is 5.95. The largest absolute Gasteiger partial charge is 0.489 e. The third-order valence-electron chi connectivity index (χ3n) is 3.04. The van der Waals surface area contributed by atoms with Gasteiger partial charge in [-0.3, -0.25) is 4.79 Å². The number of pyridine rings is 1. The zero-order chi connectivity index (χ0) is 15.9. The molecule has 2 N–H and O–H groups in total. The van der Waals surface area contributed by atoms with Crippen LogP contribution in [0.4, 0.5) is 0 Å². The van der Waals surface area contributed by atoms with Crippen LogP contribution in [-0.4, -0.2) is 28.7 Å². The lowest BCUT2D eigenvalue weighted by atomic mass is 10.1. The SMILES string of the molecule is CC(C)Oc1cccnc1C(=O)N[C@H](CO)c1ccccc1. The van der Waals surface area contributed by atoms with Gasteiger partial charge in [0.05, 0.1) is 18.8 Å². The average Bonchev–Trinajstić information content (AvgIpc) is 2.53. The molecule has 2 aromatic rings.